The van der Waals surface area contributed by atoms with Crippen LogP contribution in [0.3, 0.4) is 0 Å². The molecule has 3 unspecified atom stereocenters. The van der Waals surface area contributed by atoms with Crippen LogP contribution in [0.5, 0.6) is 0 Å². The lowest BCUT2D eigenvalue weighted by Crippen LogP contribution is -2.48. The van der Waals surface area contributed by atoms with Crippen molar-refractivity contribution in [3.8, 4) is 0 Å². The van der Waals surface area contributed by atoms with E-state index in [-0.39, 0.29) is 0 Å². The van der Waals surface area contributed by atoms with Crippen LogP contribution in [0.4, 0.5) is 0 Å². The average molecular weight is 166 g/mol. The second kappa shape index (κ2) is 1.89. The van der Waals surface area contributed by atoms with Gasteiger partial charge in [-0.3, -0.25) is 0 Å². The van der Waals surface area contributed by atoms with Crippen molar-refractivity contribution in [2.75, 3.05) is 6.61 Å². The third-order valence-electron chi connectivity index (χ3n) is 4.90. The second-order valence-electron chi connectivity index (χ2n) is 5.56. The Morgan fingerprint density at radius 2 is 2.17 bits per heavy atom. The van der Waals surface area contributed by atoms with Gasteiger partial charge in [0.15, 0.2) is 0 Å². The Kier molecular flexibility index (Phi) is 1.16. The van der Waals surface area contributed by atoms with Crippen molar-refractivity contribution >= 4 is 0 Å². The minimum absolute atomic E-state index is 0.661. The van der Waals surface area contributed by atoms with E-state index in [4.69, 9.17) is 4.74 Å². The van der Waals surface area contributed by atoms with E-state index in [0.717, 1.165) is 12.5 Å². The van der Waals surface area contributed by atoms with Gasteiger partial charge in [-0.25, -0.2) is 0 Å². The van der Waals surface area contributed by atoms with Crippen molar-refractivity contribution in [2.24, 2.45) is 16.7 Å². The van der Waals surface area contributed by atoms with Gasteiger partial charge >= 0.3 is 0 Å². The van der Waals surface area contributed by atoms with Crippen LogP contribution < -0.4 is 0 Å². The molecule has 2 bridgehead atoms. The minimum Gasteiger partial charge on any atom is -0.377 e. The van der Waals surface area contributed by atoms with Crippen molar-refractivity contribution in [3.05, 3.63) is 0 Å². The normalized spacial score (nSPS) is 55.8. The molecule has 12 heavy (non-hydrogen) atoms. The van der Waals surface area contributed by atoms with Crippen LogP contribution in [0.2, 0.25) is 0 Å². The highest BCUT2D eigenvalue weighted by atomic mass is 16.5. The van der Waals surface area contributed by atoms with E-state index in [2.05, 4.69) is 13.8 Å². The third kappa shape index (κ3) is 0.618. The lowest BCUT2D eigenvalue weighted by Gasteiger charge is -2.45. The maximum atomic E-state index is 5.65. The Balaban J connectivity index is 1.93. The van der Waals surface area contributed by atoms with Crippen LogP contribution in [0.15, 0.2) is 0 Å². The molecule has 0 aromatic heterocycles. The first-order valence-electron chi connectivity index (χ1n) is 5.29. The Hall–Kier alpha value is -0.0400. The Morgan fingerprint density at radius 3 is 2.50 bits per heavy atom. The molecule has 0 aromatic carbocycles. The molecule has 68 valence electrons. The van der Waals surface area contributed by atoms with E-state index in [9.17, 15) is 0 Å². The van der Waals surface area contributed by atoms with Gasteiger partial charge < -0.3 is 4.74 Å². The van der Waals surface area contributed by atoms with Crippen LogP contribution in [-0.2, 0) is 4.74 Å². The summed E-state index contributed by atoms with van der Waals surface area (Å²) in [6.45, 7) is 5.86. The van der Waals surface area contributed by atoms with Gasteiger partial charge in [-0.1, -0.05) is 13.8 Å². The largest absolute Gasteiger partial charge is 0.377 e. The summed E-state index contributed by atoms with van der Waals surface area (Å²) in [6.07, 6.45) is 6.43. The van der Waals surface area contributed by atoms with E-state index in [1.54, 1.807) is 0 Å². The molecule has 3 atom stereocenters. The number of hydrogen-bond donors (Lipinski definition) is 0. The molecule has 1 heterocycles. The summed E-state index contributed by atoms with van der Waals surface area (Å²) in [5.41, 5.74) is 1.35. The third-order valence-corrected chi connectivity index (χ3v) is 4.90. The number of fused-ring (bicyclic) bond motifs is 1. The quantitative estimate of drug-likeness (QED) is 0.582. The van der Waals surface area contributed by atoms with Crippen molar-refractivity contribution in [1.82, 2.24) is 0 Å². The maximum absolute atomic E-state index is 5.65. The van der Waals surface area contributed by atoms with Crippen LogP contribution in [0.1, 0.15) is 39.5 Å². The van der Waals surface area contributed by atoms with E-state index in [0.29, 0.717) is 16.9 Å². The van der Waals surface area contributed by atoms with Gasteiger partial charge in [0.2, 0.25) is 0 Å². The molecule has 1 spiro atoms. The van der Waals surface area contributed by atoms with Gasteiger partial charge in [0, 0.05) is 5.41 Å². The van der Waals surface area contributed by atoms with Crippen molar-refractivity contribution in [1.29, 1.82) is 0 Å². The highest BCUT2D eigenvalue weighted by Crippen LogP contribution is 2.68. The van der Waals surface area contributed by atoms with Gasteiger partial charge in [0.1, 0.15) is 0 Å². The molecule has 0 N–H and O–H groups in total. The van der Waals surface area contributed by atoms with E-state index < -0.39 is 0 Å². The molecule has 3 rings (SSSR count). The summed E-state index contributed by atoms with van der Waals surface area (Å²) in [7, 11) is 0. The Bertz CT molecular complexity index is 223. The summed E-state index contributed by atoms with van der Waals surface area (Å²) in [6, 6.07) is 0. The number of rotatable bonds is 1. The highest BCUT2D eigenvalue weighted by molar-refractivity contribution is 5.14. The molecule has 1 aliphatic heterocycles. The van der Waals surface area contributed by atoms with Crippen molar-refractivity contribution < 1.29 is 4.74 Å². The molecule has 1 heteroatoms. The molecule has 0 amide bonds. The summed E-state index contributed by atoms with van der Waals surface area (Å²) in [4.78, 5) is 0. The van der Waals surface area contributed by atoms with Crippen LogP contribution in [-0.4, -0.2) is 12.7 Å². The van der Waals surface area contributed by atoms with E-state index in [1.165, 1.54) is 25.7 Å². The van der Waals surface area contributed by atoms with Gasteiger partial charge in [0.25, 0.3) is 0 Å². The zero-order chi connectivity index (χ0) is 8.40. The summed E-state index contributed by atoms with van der Waals surface area (Å²) < 4.78 is 5.65. The second-order valence-corrected chi connectivity index (χ2v) is 5.56. The summed E-state index contributed by atoms with van der Waals surface area (Å²) in [5.74, 6) is 0.867. The molecule has 2 saturated carbocycles. The highest BCUT2D eigenvalue weighted by Gasteiger charge is 2.65. The molecule has 1 nitrogen and oxygen atoms in total. The van der Waals surface area contributed by atoms with E-state index in [1.807, 2.05) is 0 Å². The summed E-state index contributed by atoms with van der Waals surface area (Å²) in [5, 5.41) is 0. The number of ether oxygens (including phenoxy) is 1. The molecule has 1 saturated heterocycles. The Morgan fingerprint density at radius 1 is 1.33 bits per heavy atom. The first-order chi connectivity index (χ1) is 5.67. The van der Waals surface area contributed by atoms with E-state index >= 15 is 0 Å². The molecule has 3 aliphatic rings. The molecule has 0 aromatic rings. The SMILES string of the molecule is CC(C)C12CCC3(COC3C1)C2. The lowest BCUT2D eigenvalue weighted by molar-refractivity contribution is -0.173. The minimum atomic E-state index is 0.661. The fourth-order valence-corrected chi connectivity index (χ4v) is 3.76. The van der Waals surface area contributed by atoms with Gasteiger partial charge in [-0.15, -0.1) is 0 Å². The lowest BCUT2D eigenvalue weighted by atomic mass is 9.73. The van der Waals surface area contributed by atoms with Crippen LogP contribution >= 0.6 is 0 Å². The fourth-order valence-electron chi connectivity index (χ4n) is 3.76. The first kappa shape index (κ1) is 7.37. The average Bonchev–Trinajstić information content (AvgIpc) is 2.48. The van der Waals surface area contributed by atoms with Gasteiger partial charge in [-0.2, -0.15) is 0 Å². The van der Waals surface area contributed by atoms with Crippen LogP contribution in [0, 0.1) is 16.7 Å². The summed E-state index contributed by atoms with van der Waals surface area (Å²) >= 11 is 0. The Labute approximate surface area is 74.5 Å². The maximum Gasteiger partial charge on any atom is 0.0659 e. The molecular weight excluding hydrogens is 148 g/mol. The first-order valence-corrected chi connectivity index (χ1v) is 5.29. The predicted molar refractivity (Wildman–Crippen MR) is 47.9 cm³/mol. The number of hydrogen-bond acceptors (Lipinski definition) is 1. The smallest absolute Gasteiger partial charge is 0.0659 e. The fraction of sp³-hybridized carbons (Fsp3) is 1.00. The standard InChI is InChI=1S/C11H18O/c1-8(2)10-3-4-11(6-10)7-12-9(11)5-10/h8-9H,3-7H2,1-2H3. The molecule has 0 radical (unpaired) electrons. The van der Waals surface area contributed by atoms with Gasteiger partial charge in [0.05, 0.1) is 12.7 Å². The van der Waals surface area contributed by atoms with Crippen LogP contribution in [0.25, 0.3) is 0 Å². The molecular formula is C11H18O. The topological polar surface area (TPSA) is 9.23 Å². The monoisotopic (exact) mass is 166 g/mol. The zero-order valence-corrected chi connectivity index (χ0v) is 8.10. The molecule has 3 fully saturated rings. The zero-order valence-electron chi connectivity index (χ0n) is 8.10. The van der Waals surface area contributed by atoms with Crippen molar-refractivity contribution in [2.45, 2.75) is 45.6 Å². The molecule has 2 aliphatic carbocycles. The predicted octanol–water partition coefficient (Wildman–Crippen LogP) is 2.60. The van der Waals surface area contributed by atoms with Gasteiger partial charge in [-0.05, 0) is 37.0 Å². The van der Waals surface area contributed by atoms with Crippen molar-refractivity contribution in [3.63, 3.8) is 0 Å².